The first-order chi connectivity index (χ1) is 32.1. The number of aromatic nitrogens is 16. The molecule has 6 heterocycles. The molecule has 8 N–H and O–H groups in total. The number of nitrogens with zero attached hydrogens (tertiary/aromatic N) is 18. The van der Waals surface area contributed by atoms with Crippen LogP contribution in [0, 0.1) is 30.6 Å². The second-order valence-corrected chi connectivity index (χ2v) is 13.4. The van der Waals surface area contributed by atoms with Crippen LogP contribution >= 0.6 is 0 Å². The van der Waals surface area contributed by atoms with Crippen LogP contribution in [0.3, 0.4) is 0 Å². The molecule has 0 saturated heterocycles. The van der Waals surface area contributed by atoms with Crippen LogP contribution in [0.4, 0.5) is 0 Å². The molecule has 0 unspecified atom stereocenters. The second kappa shape index (κ2) is 28.6. The Bertz CT molecular complexity index is 2660. The van der Waals surface area contributed by atoms with Crippen molar-refractivity contribution >= 4 is 0 Å². The maximum Gasteiger partial charge on any atom is 2.00 e. The van der Waals surface area contributed by atoms with E-state index in [-0.39, 0.29) is 39.0 Å². The molecule has 4 aromatic carbocycles. The summed E-state index contributed by atoms with van der Waals surface area (Å²) >= 11 is 0. The molecule has 30 nitrogen and oxygen atoms in total. The summed E-state index contributed by atoms with van der Waals surface area (Å²) in [7, 11) is 0. The minimum atomic E-state index is -1.75. The molecule has 0 fully saturated rings. The molecule has 31 heteroatoms. The fourth-order valence-corrected chi connectivity index (χ4v) is 6.13. The Morgan fingerprint density at radius 1 is 0.394 bits per heavy atom. The van der Waals surface area contributed by atoms with Crippen LogP contribution < -0.4 is 0 Å². The smallest absolute Gasteiger partial charge is 0.416 e. The number of hydrogen-bond acceptors (Lipinski definition) is 20. The average Bonchev–Trinajstić information content (AvgIpc) is 4.16. The number of benzene rings is 4. The molecular weight excluding hydrogens is 988 g/mol. The SMILES string of the molecule is O.O.O.O.O=[N+]([O-])[O-].O=[N+]([O-])[O-].[Cu+2].c1cc(Cn2cncn2)cc(-c2nnc(-c3cccc(Cn4cncn4)c3)o2)c1.c1cc(Cn2cncn2)cc(-c2nnc(-c3cccc(Cn4cncn4)c3)o2)c1. The molecule has 0 saturated carbocycles. The van der Waals surface area contributed by atoms with Gasteiger partial charge in [-0.2, -0.15) is 20.4 Å². The van der Waals surface area contributed by atoms with Gasteiger partial charge in [0.15, 0.2) is 0 Å². The third kappa shape index (κ3) is 17.6. The van der Waals surface area contributed by atoms with Gasteiger partial charge in [0, 0.05) is 22.3 Å². The van der Waals surface area contributed by atoms with Gasteiger partial charge < -0.3 is 61.4 Å². The molecule has 0 spiro atoms. The summed E-state index contributed by atoms with van der Waals surface area (Å²) in [6, 6.07) is 31.8. The molecule has 0 atom stereocenters. The quantitative estimate of drug-likeness (QED) is 0.0952. The molecular formula is C40H40CuN18O12. The van der Waals surface area contributed by atoms with E-state index in [1.54, 1.807) is 44.0 Å². The first-order valence-electron chi connectivity index (χ1n) is 19.1. The summed E-state index contributed by atoms with van der Waals surface area (Å²) in [5, 5.41) is 63.0. The van der Waals surface area contributed by atoms with Crippen LogP contribution in [0.5, 0.6) is 0 Å². The molecule has 373 valence electrons. The van der Waals surface area contributed by atoms with E-state index in [0.717, 1.165) is 44.5 Å². The molecule has 71 heavy (non-hydrogen) atoms. The van der Waals surface area contributed by atoms with Gasteiger partial charge >= 0.3 is 17.1 Å². The molecule has 0 aliphatic rings. The fraction of sp³-hybridized carbons (Fsp3) is 0.100. The average molecular weight is 1030 g/mol. The Balaban J connectivity index is 0.000000399. The van der Waals surface area contributed by atoms with Crippen LogP contribution in [0.1, 0.15) is 22.3 Å². The van der Waals surface area contributed by atoms with Gasteiger partial charge in [0.2, 0.25) is 23.6 Å². The largest absolute Gasteiger partial charge is 2.00 e. The Labute approximate surface area is 408 Å². The van der Waals surface area contributed by atoms with Crippen LogP contribution in [0.15, 0.2) is 157 Å². The van der Waals surface area contributed by atoms with Gasteiger partial charge in [-0.3, -0.25) is 0 Å². The zero-order chi connectivity index (χ0) is 46.1. The van der Waals surface area contributed by atoms with Gasteiger partial charge in [0.1, 0.15) is 50.6 Å². The van der Waals surface area contributed by atoms with E-state index in [0.29, 0.717) is 49.7 Å². The Morgan fingerprint density at radius 2 is 0.606 bits per heavy atom. The Morgan fingerprint density at radius 3 is 0.789 bits per heavy atom. The molecule has 0 amide bonds. The van der Waals surface area contributed by atoms with Crippen molar-refractivity contribution in [1.82, 2.24) is 79.5 Å². The number of rotatable bonds is 12. The summed E-state index contributed by atoms with van der Waals surface area (Å²) in [6.45, 7) is 2.50. The molecule has 10 rings (SSSR count). The van der Waals surface area contributed by atoms with Gasteiger partial charge in [-0.05, 0) is 70.8 Å². The van der Waals surface area contributed by atoms with E-state index in [4.69, 9.17) is 39.5 Å². The normalized spacial score (nSPS) is 9.69. The van der Waals surface area contributed by atoms with Crippen molar-refractivity contribution in [3.05, 3.63) is 201 Å². The monoisotopic (exact) mass is 1030 g/mol. The van der Waals surface area contributed by atoms with Gasteiger partial charge in [-0.1, -0.05) is 48.5 Å². The molecule has 0 aliphatic heterocycles. The zero-order valence-electron chi connectivity index (χ0n) is 36.3. The van der Waals surface area contributed by atoms with Gasteiger partial charge in [-0.25, -0.2) is 38.7 Å². The van der Waals surface area contributed by atoms with Crippen LogP contribution in [-0.4, -0.2) is 112 Å². The Hall–Kier alpha value is -9.52. The summed E-state index contributed by atoms with van der Waals surface area (Å²) in [5.74, 6) is 1.90. The molecule has 0 aliphatic carbocycles. The van der Waals surface area contributed by atoms with Crippen molar-refractivity contribution in [2.45, 2.75) is 26.2 Å². The minimum Gasteiger partial charge on any atom is -0.416 e. The molecule has 0 bridgehead atoms. The topological polar surface area (TPSA) is 459 Å². The van der Waals surface area contributed by atoms with Crippen LogP contribution in [-0.2, 0) is 43.2 Å². The van der Waals surface area contributed by atoms with Crippen molar-refractivity contribution in [3.63, 3.8) is 0 Å². The van der Waals surface area contributed by atoms with Gasteiger partial charge in [-0.15, -0.1) is 20.4 Å². The third-order valence-corrected chi connectivity index (χ3v) is 8.79. The molecule has 10 aromatic rings. The summed E-state index contributed by atoms with van der Waals surface area (Å²) in [6.07, 6.45) is 12.8. The predicted molar refractivity (Wildman–Crippen MR) is 242 cm³/mol. The van der Waals surface area contributed by atoms with Gasteiger partial charge in [0.25, 0.3) is 0 Å². The summed E-state index contributed by atoms with van der Waals surface area (Å²) < 4.78 is 18.9. The van der Waals surface area contributed by atoms with Crippen molar-refractivity contribution in [3.8, 4) is 45.8 Å². The van der Waals surface area contributed by atoms with Crippen LogP contribution in [0.2, 0.25) is 0 Å². The van der Waals surface area contributed by atoms with E-state index in [9.17, 15) is 0 Å². The fourth-order valence-electron chi connectivity index (χ4n) is 6.13. The van der Waals surface area contributed by atoms with Crippen molar-refractivity contribution < 1.29 is 58.0 Å². The first-order valence-corrected chi connectivity index (χ1v) is 19.1. The predicted octanol–water partition coefficient (Wildman–Crippen LogP) is 1.59. The van der Waals surface area contributed by atoms with Crippen molar-refractivity contribution in [2.24, 2.45) is 0 Å². The minimum absolute atomic E-state index is 0. The van der Waals surface area contributed by atoms with E-state index < -0.39 is 10.2 Å². The number of hydrogen-bond donors (Lipinski definition) is 0. The van der Waals surface area contributed by atoms with E-state index >= 15 is 0 Å². The molecule has 6 aromatic heterocycles. The van der Waals surface area contributed by atoms with E-state index in [1.165, 1.54) is 25.3 Å². The maximum atomic E-state index is 8.25. The summed E-state index contributed by atoms with van der Waals surface area (Å²) in [5.41, 5.74) is 7.73. The van der Waals surface area contributed by atoms with Crippen molar-refractivity contribution in [2.75, 3.05) is 0 Å². The Kier molecular flexibility index (Phi) is 23.2. The van der Waals surface area contributed by atoms with Crippen molar-refractivity contribution in [1.29, 1.82) is 0 Å². The van der Waals surface area contributed by atoms with Crippen LogP contribution in [0.25, 0.3) is 45.8 Å². The first kappa shape index (κ1) is 57.6. The standard InChI is InChI=1S/2C20H16N8O.Cu.2NO3.4H2O/c2*1-3-15(9-27-13-21-11-23-27)7-17(5-1)19-25-26-20(29-19)18-6-2-4-16(8-18)10-28-14-22-12-24-28;;2*2-1(3)4;;;;/h2*1-8,11-14H,9-10H2;;;;4*1H2/q;;+2;2*-1;;;;. The van der Waals surface area contributed by atoms with Gasteiger partial charge in [0.05, 0.1) is 36.4 Å². The zero-order valence-corrected chi connectivity index (χ0v) is 37.2. The van der Waals surface area contributed by atoms with E-state index in [1.807, 2.05) is 97.1 Å². The third-order valence-electron chi connectivity index (χ3n) is 8.79. The maximum absolute atomic E-state index is 8.25. The summed E-state index contributed by atoms with van der Waals surface area (Å²) in [4.78, 5) is 32.4. The van der Waals surface area contributed by atoms with E-state index in [2.05, 4.69) is 60.7 Å². The molecule has 1 radical (unpaired) electrons. The second-order valence-electron chi connectivity index (χ2n) is 13.4.